The molecule has 2 nitrogen and oxygen atoms in total. The van der Waals surface area contributed by atoms with Crippen LogP contribution in [0.1, 0.15) is 0 Å². The highest BCUT2D eigenvalue weighted by Crippen LogP contribution is 2.11. The highest BCUT2D eigenvalue weighted by molar-refractivity contribution is 6.90. The Balaban J connectivity index is 2.75. The molecule has 1 N–H and O–H groups in total. The zero-order valence-corrected chi connectivity index (χ0v) is 9.26. The van der Waals surface area contributed by atoms with E-state index in [0.29, 0.717) is 0 Å². The maximum absolute atomic E-state index is 4.36. The minimum absolute atomic E-state index is 1.15. The SMILES string of the molecule is C[Si](C)(C)c1cccc2[nH]cnc12. The molecule has 0 aliphatic heterocycles. The normalized spacial score (nSPS) is 12.2. The monoisotopic (exact) mass is 190 g/mol. The molecule has 1 aromatic heterocycles. The fourth-order valence-corrected chi connectivity index (χ4v) is 3.08. The molecule has 0 aliphatic rings. The lowest BCUT2D eigenvalue weighted by Crippen LogP contribution is -2.38. The Labute approximate surface area is 79.0 Å². The molecule has 1 aromatic carbocycles. The second-order valence-electron chi connectivity index (χ2n) is 4.35. The lowest BCUT2D eigenvalue weighted by Gasteiger charge is -2.16. The van der Waals surface area contributed by atoms with E-state index in [-0.39, 0.29) is 0 Å². The number of para-hydroxylation sites is 1. The van der Waals surface area contributed by atoms with E-state index in [9.17, 15) is 0 Å². The third-order valence-electron chi connectivity index (χ3n) is 2.26. The third-order valence-corrected chi connectivity index (χ3v) is 4.28. The van der Waals surface area contributed by atoms with Crippen molar-refractivity contribution in [3.8, 4) is 0 Å². The van der Waals surface area contributed by atoms with Crippen molar-refractivity contribution in [2.45, 2.75) is 19.6 Å². The average Bonchev–Trinajstić information content (AvgIpc) is 2.48. The highest BCUT2D eigenvalue weighted by atomic mass is 28.3. The van der Waals surface area contributed by atoms with Gasteiger partial charge in [0.2, 0.25) is 0 Å². The molecule has 0 unspecified atom stereocenters. The molecular weight excluding hydrogens is 176 g/mol. The van der Waals surface area contributed by atoms with Gasteiger partial charge in [-0.1, -0.05) is 31.8 Å². The average molecular weight is 190 g/mol. The third kappa shape index (κ3) is 1.39. The highest BCUT2D eigenvalue weighted by Gasteiger charge is 2.19. The van der Waals surface area contributed by atoms with Crippen LogP contribution in [0.2, 0.25) is 19.6 Å². The van der Waals surface area contributed by atoms with Crippen LogP contribution >= 0.6 is 0 Å². The first-order valence-corrected chi connectivity index (χ1v) is 8.01. The van der Waals surface area contributed by atoms with Crippen LogP contribution in [0.5, 0.6) is 0 Å². The molecule has 2 aromatic rings. The van der Waals surface area contributed by atoms with Crippen molar-refractivity contribution in [2.24, 2.45) is 0 Å². The molecule has 0 spiro atoms. The van der Waals surface area contributed by atoms with E-state index in [4.69, 9.17) is 0 Å². The lowest BCUT2D eigenvalue weighted by molar-refractivity contribution is 1.35. The quantitative estimate of drug-likeness (QED) is 0.685. The molecular formula is C10H14N2Si. The number of rotatable bonds is 1. The minimum Gasteiger partial charge on any atom is -0.345 e. The molecule has 3 heteroatoms. The standard InChI is InChI=1S/C10H14N2Si/c1-13(2,3)9-6-4-5-8-10(9)12-7-11-8/h4-7H,1-3H3,(H,11,12). The number of benzene rings is 1. The molecule has 0 atom stereocenters. The fraction of sp³-hybridized carbons (Fsp3) is 0.300. The second kappa shape index (κ2) is 2.70. The van der Waals surface area contributed by atoms with Gasteiger partial charge in [-0.05, 0) is 11.3 Å². The van der Waals surface area contributed by atoms with Gasteiger partial charge in [0.15, 0.2) is 0 Å². The zero-order valence-electron chi connectivity index (χ0n) is 8.26. The van der Waals surface area contributed by atoms with E-state index in [2.05, 4.69) is 47.8 Å². The maximum Gasteiger partial charge on any atom is 0.0931 e. The van der Waals surface area contributed by atoms with Crippen LogP contribution in [0.3, 0.4) is 0 Å². The van der Waals surface area contributed by atoms with Crippen molar-refractivity contribution in [1.29, 1.82) is 0 Å². The number of imidazole rings is 1. The van der Waals surface area contributed by atoms with E-state index in [1.54, 1.807) is 6.33 Å². The maximum atomic E-state index is 4.36. The number of nitrogens with zero attached hydrogens (tertiary/aromatic N) is 1. The molecule has 0 amide bonds. The van der Waals surface area contributed by atoms with E-state index in [1.165, 1.54) is 5.19 Å². The number of H-pyrrole nitrogens is 1. The molecule has 13 heavy (non-hydrogen) atoms. The van der Waals surface area contributed by atoms with Crippen LogP contribution < -0.4 is 5.19 Å². The number of aromatic amines is 1. The molecule has 2 rings (SSSR count). The van der Waals surface area contributed by atoms with Gasteiger partial charge in [-0.2, -0.15) is 0 Å². The Kier molecular flexibility index (Phi) is 1.77. The van der Waals surface area contributed by atoms with Gasteiger partial charge >= 0.3 is 0 Å². The molecule has 0 fully saturated rings. The largest absolute Gasteiger partial charge is 0.345 e. The van der Waals surface area contributed by atoms with Crippen LogP contribution in [0.15, 0.2) is 24.5 Å². The predicted octanol–water partition coefficient (Wildman–Crippen LogP) is 2.11. The summed E-state index contributed by atoms with van der Waals surface area (Å²) in [7, 11) is -1.24. The molecule has 0 radical (unpaired) electrons. The predicted molar refractivity (Wildman–Crippen MR) is 59.1 cm³/mol. The summed E-state index contributed by atoms with van der Waals surface area (Å²) in [4.78, 5) is 7.51. The van der Waals surface area contributed by atoms with Gasteiger partial charge in [0.1, 0.15) is 0 Å². The molecule has 68 valence electrons. The summed E-state index contributed by atoms with van der Waals surface area (Å²) in [6, 6.07) is 6.38. The Bertz CT molecular complexity index is 426. The molecule has 0 bridgehead atoms. The molecule has 1 heterocycles. The fourth-order valence-electron chi connectivity index (χ4n) is 1.57. The van der Waals surface area contributed by atoms with E-state index >= 15 is 0 Å². The van der Waals surface area contributed by atoms with Gasteiger partial charge in [0, 0.05) is 0 Å². The Hall–Kier alpha value is -1.09. The first-order valence-electron chi connectivity index (χ1n) is 4.51. The van der Waals surface area contributed by atoms with Crippen LogP contribution in [-0.4, -0.2) is 18.0 Å². The summed E-state index contributed by atoms with van der Waals surface area (Å²) in [5, 5.41) is 1.44. The van der Waals surface area contributed by atoms with Crippen LogP contribution in [0.4, 0.5) is 0 Å². The van der Waals surface area contributed by atoms with Crippen molar-refractivity contribution >= 4 is 24.3 Å². The minimum atomic E-state index is -1.24. The number of aromatic nitrogens is 2. The molecule has 0 saturated heterocycles. The molecule has 0 saturated carbocycles. The van der Waals surface area contributed by atoms with Crippen molar-refractivity contribution in [1.82, 2.24) is 9.97 Å². The van der Waals surface area contributed by atoms with Crippen molar-refractivity contribution in [3.05, 3.63) is 24.5 Å². The van der Waals surface area contributed by atoms with Crippen molar-refractivity contribution < 1.29 is 0 Å². The van der Waals surface area contributed by atoms with E-state index in [1.807, 2.05) is 0 Å². The van der Waals surface area contributed by atoms with Crippen LogP contribution in [0, 0.1) is 0 Å². The van der Waals surface area contributed by atoms with Crippen LogP contribution in [0.25, 0.3) is 11.0 Å². The Morgan fingerprint density at radius 1 is 1.23 bits per heavy atom. The van der Waals surface area contributed by atoms with Gasteiger partial charge in [-0.3, -0.25) is 0 Å². The summed E-state index contributed by atoms with van der Waals surface area (Å²) in [6.45, 7) is 7.03. The Morgan fingerprint density at radius 2 is 2.00 bits per heavy atom. The number of fused-ring (bicyclic) bond motifs is 1. The van der Waals surface area contributed by atoms with Gasteiger partial charge in [0.05, 0.1) is 25.4 Å². The van der Waals surface area contributed by atoms with Crippen molar-refractivity contribution in [2.75, 3.05) is 0 Å². The number of hydrogen-bond donors (Lipinski definition) is 1. The summed E-state index contributed by atoms with van der Waals surface area (Å²) in [5.41, 5.74) is 2.31. The summed E-state index contributed by atoms with van der Waals surface area (Å²) < 4.78 is 0. The smallest absolute Gasteiger partial charge is 0.0931 e. The van der Waals surface area contributed by atoms with Gasteiger partial charge < -0.3 is 4.98 Å². The van der Waals surface area contributed by atoms with Gasteiger partial charge in [-0.25, -0.2) is 4.98 Å². The van der Waals surface area contributed by atoms with E-state index < -0.39 is 8.07 Å². The molecule has 0 aliphatic carbocycles. The number of nitrogens with one attached hydrogen (secondary N) is 1. The summed E-state index contributed by atoms with van der Waals surface area (Å²) in [6.07, 6.45) is 1.77. The first-order chi connectivity index (χ1) is 6.09. The first kappa shape index (κ1) is 8.50. The van der Waals surface area contributed by atoms with E-state index in [0.717, 1.165) is 11.0 Å². The van der Waals surface area contributed by atoms with Crippen molar-refractivity contribution in [3.63, 3.8) is 0 Å². The Morgan fingerprint density at radius 3 is 2.69 bits per heavy atom. The number of hydrogen-bond acceptors (Lipinski definition) is 1. The zero-order chi connectivity index (χ0) is 9.47. The van der Waals surface area contributed by atoms with Crippen LogP contribution in [-0.2, 0) is 0 Å². The van der Waals surface area contributed by atoms with Gasteiger partial charge in [0.25, 0.3) is 0 Å². The summed E-state index contributed by atoms with van der Waals surface area (Å²) in [5.74, 6) is 0. The topological polar surface area (TPSA) is 28.7 Å². The lowest BCUT2D eigenvalue weighted by atomic mass is 10.3. The summed E-state index contributed by atoms with van der Waals surface area (Å²) >= 11 is 0. The van der Waals surface area contributed by atoms with Gasteiger partial charge in [-0.15, -0.1) is 0 Å². The second-order valence-corrected chi connectivity index (χ2v) is 9.39.